The molecule has 1 aliphatic rings. The molecule has 1 aromatic carbocycles. The first kappa shape index (κ1) is 13.9. The van der Waals surface area contributed by atoms with Gasteiger partial charge in [-0.2, -0.15) is 0 Å². The normalized spacial score (nSPS) is 18.3. The Bertz CT molecular complexity index is 618. The number of fused-ring (bicyclic) bond motifs is 1. The van der Waals surface area contributed by atoms with E-state index in [4.69, 9.17) is 0 Å². The van der Waals surface area contributed by atoms with Gasteiger partial charge in [0.1, 0.15) is 0 Å². The molecular formula is C17H21N3O. The van der Waals surface area contributed by atoms with Crippen molar-refractivity contribution in [1.82, 2.24) is 14.4 Å². The number of amides is 1. The molecule has 3 rings (SSSR count). The summed E-state index contributed by atoms with van der Waals surface area (Å²) in [5, 5.41) is 0. The Morgan fingerprint density at radius 2 is 1.90 bits per heavy atom. The molecule has 0 fully saturated rings. The number of aromatic nitrogens is 1. The van der Waals surface area contributed by atoms with E-state index in [0.717, 1.165) is 13.1 Å². The van der Waals surface area contributed by atoms with Gasteiger partial charge in [0.05, 0.1) is 12.6 Å². The molecule has 2 heterocycles. The number of carbonyl (C=O) groups is 1. The van der Waals surface area contributed by atoms with Crippen molar-refractivity contribution in [3.05, 3.63) is 59.9 Å². The van der Waals surface area contributed by atoms with Gasteiger partial charge in [0.15, 0.2) is 0 Å². The second kappa shape index (κ2) is 5.74. The monoisotopic (exact) mass is 283 g/mol. The molecular weight excluding hydrogens is 262 g/mol. The fraction of sp³-hybridized carbons (Fsp3) is 0.353. The van der Waals surface area contributed by atoms with Crippen LogP contribution in [-0.4, -0.2) is 47.5 Å². The maximum atomic E-state index is 12.1. The van der Waals surface area contributed by atoms with Crippen LogP contribution in [0, 0.1) is 0 Å². The topological polar surface area (TPSA) is 28.5 Å². The van der Waals surface area contributed by atoms with Crippen molar-refractivity contribution in [1.29, 1.82) is 0 Å². The van der Waals surface area contributed by atoms with Gasteiger partial charge in [-0.05, 0) is 17.7 Å². The second-order valence-corrected chi connectivity index (χ2v) is 5.70. The van der Waals surface area contributed by atoms with Crippen molar-refractivity contribution >= 4 is 5.91 Å². The van der Waals surface area contributed by atoms with Gasteiger partial charge in [-0.3, -0.25) is 9.69 Å². The maximum Gasteiger partial charge on any atom is 0.236 e. The van der Waals surface area contributed by atoms with Crippen molar-refractivity contribution < 1.29 is 4.79 Å². The highest BCUT2D eigenvalue weighted by molar-refractivity contribution is 5.77. The van der Waals surface area contributed by atoms with Gasteiger partial charge >= 0.3 is 0 Å². The predicted octanol–water partition coefficient (Wildman–Crippen LogP) is 1.98. The van der Waals surface area contributed by atoms with Crippen LogP contribution in [0.1, 0.15) is 17.3 Å². The molecule has 21 heavy (non-hydrogen) atoms. The minimum absolute atomic E-state index is 0.149. The first-order valence-electron chi connectivity index (χ1n) is 7.31. The third-order valence-electron chi connectivity index (χ3n) is 4.09. The molecule has 4 nitrogen and oxygen atoms in total. The van der Waals surface area contributed by atoms with Crippen LogP contribution in [0.5, 0.6) is 0 Å². The van der Waals surface area contributed by atoms with E-state index < -0.39 is 0 Å². The van der Waals surface area contributed by atoms with Crippen LogP contribution in [0.2, 0.25) is 0 Å². The lowest BCUT2D eigenvalue weighted by atomic mass is 10.00. The zero-order chi connectivity index (χ0) is 14.8. The van der Waals surface area contributed by atoms with Crippen LogP contribution in [0.3, 0.4) is 0 Å². The number of nitrogens with zero attached hydrogens (tertiary/aromatic N) is 3. The molecule has 1 atom stereocenters. The molecule has 1 amide bonds. The van der Waals surface area contributed by atoms with E-state index in [1.54, 1.807) is 4.90 Å². The van der Waals surface area contributed by atoms with Crippen molar-refractivity contribution in [2.24, 2.45) is 0 Å². The zero-order valence-electron chi connectivity index (χ0n) is 12.6. The van der Waals surface area contributed by atoms with E-state index in [-0.39, 0.29) is 11.9 Å². The molecule has 2 aromatic rings. The zero-order valence-corrected chi connectivity index (χ0v) is 12.6. The number of likely N-dealkylation sites (N-methyl/N-ethyl adjacent to an activating group) is 1. The van der Waals surface area contributed by atoms with Gasteiger partial charge in [0.2, 0.25) is 5.91 Å². The van der Waals surface area contributed by atoms with Crippen LogP contribution in [0.4, 0.5) is 0 Å². The fourth-order valence-electron chi connectivity index (χ4n) is 2.93. The Kier molecular flexibility index (Phi) is 3.80. The molecule has 0 radical (unpaired) electrons. The lowest BCUT2D eigenvalue weighted by Gasteiger charge is -2.37. The lowest BCUT2D eigenvalue weighted by Crippen LogP contribution is -2.44. The Morgan fingerprint density at radius 3 is 2.62 bits per heavy atom. The van der Waals surface area contributed by atoms with E-state index in [9.17, 15) is 4.79 Å². The van der Waals surface area contributed by atoms with Crippen LogP contribution in [0.15, 0.2) is 48.7 Å². The van der Waals surface area contributed by atoms with Gasteiger partial charge in [-0.15, -0.1) is 0 Å². The molecule has 110 valence electrons. The average molecular weight is 283 g/mol. The van der Waals surface area contributed by atoms with Crippen molar-refractivity contribution in [2.75, 3.05) is 27.2 Å². The summed E-state index contributed by atoms with van der Waals surface area (Å²) in [4.78, 5) is 16.0. The summed E-state index contributed by atoms with van der Waals surface area (Å²) in [5.41, 5.74) is 2.50. The number of rotatable bonds is 3. The van der Waals surface area contributed by atoms with E-state index in [2.05, 4.69) is 52.1 Å². The van der Waals surface area contributed by atoms with E-state index in [1.807, 2.05) is 20.2 Å². The Morgan fingerprint density at radius 1 is 1.14 bits per heavy atom. The largest absolute Gasteiger partial charge is 0.348 e. The van der Waals surface area contributed by atoms with E-state index in [0.29, 0.717) is 6.54 Å². The molecule has 0 saturated heterocycles. The molecule has 4 heteroatoms. The van der Waals surface area contributed by atoms with E-state index in [1.165, 1.54) is 11.3 Å². The Balaban J connectivity index is 1.95. The summed E-state index contributed by atoms with van der Waals surface area (Å²) < 4.78 is 2.29. The second-order valence-electron chi connectivity index (χ2n) is 5.70. The van der Waals surface area contributed by atoms with Gasteiger partial charge < -0.3 is 9.47 Å². The Labute approximate surface area is 125 Å². The van der Waals surface area contributed by atoms with Crippen LogP contribution < -0.4 is 0 Å². The summed E-state index contributed by atoms with van der Waals surface area (Å²) in [7, 11) is 3.62. The maximum absolute atomic E-state index is 12.1. The SMILES string of the molecule is CN(C)C(=O)CN1CCn2cccc2C1c1ccccc1. The summed E-state index contributed by atoms with van der Waals surface area (Å²) in [6, 6.07) is 14.8. The smallest absolute Gasteiger partial charge is 0.236 e. The van der Waals surface area contributed by atoms with Crippen molar-refractivity contribution in [2.45, 2.75) is 12.6 Å². The van der Waals surface area contributed by atoms with Gasteiger partial charge in [-0.1, -0.05) is 30.3 Å². The Hall–Kier alpha value is -2.07. The highest BCUT2D eigenvalue weighted by atomic mass is 16.2. The summed E-state index contributed by atoms with van der Waals surface area (Å²) in [6.45, 7) is 2.28. The average Bonchev–Trinajstić information content (AvgIpc) is 2.96. The number of benzene rings is 1. The molecule has 0 saturated carbocycles. The molecule has 0 spiro atoms. The molecule has 0 aliphatic carbocycles. The van der Waals surface area contributed by atoms with Gasteiger partial charge in [0.25, 0.3) is 0 Å². The standard InChI is InChI=1S/C17H21N3O/c1-18(2)16(21)13-20-12-11-19-10-6-9-15(19)17(20)14-7-4-3-5-8-14/h3-10,17H,11-13H2,1-2H3. The van der Waals surface area contributed by atoms with Gasteiger partial charge in [0, 0.05) is 39.1 Å². The van der Waals surface area contributed by atoms with Gasteiger partial charge in [-0.25, -0.2) is 0 Å². The minimum Gasteiger partial charge on any atom is -0.348 e. The molecule has 1 unspecified atom stereocenters. The number of carbonyl (C=O) groups excluding carboxylic acids is 1. The molecule has 0 N–H and O–H groups in total. The third-order valence-corrected chi connectivity index (χ3v) is 4.09. The first-order valence-corrected chi connectivity index (χ1v) is 7.31. The predicted molar refractivity (Wildman–Crippen MR) is 83.0 cm³/mol. The molecule has 1 aliphatic heterocycles. The number of hydrogen-bond donors (Lipinski definition) is 0. The summed E-state index contributed by atoms with van der Waals surface area (Å²) in [5.74, 6) is 0.149. The molecule has 0 bridgehead atoms. The van der Waals surface area contributed by atoms with Crippen LogP contribution in [-0.2, 0) is 11.3 Å². The quantitative estimate of drug-likeness (QED) is 0.862. The summed E-state index contributed by atoms with van der Waals surface area (Å²) >= 11 is 0. The van der Waals surface area contributed by atoms with E-state index >= 15 is 0 Å². The first-order chi connectivity index (χ1) is 10.2. The third kappa shape index (κ3) is 2.72. The lowest BCUT2D eigenvalue weighted by molar-refractivity contribution is -0.130. The highest BCUT2D eigenvalue weighted by Crippen LogP contribution is 2.31. The highest BCUT2D eigenvalue weighted by Gasteiger charge is 2.30. The number of hydrogen-bond acceptors (Lipinski definition) is 2. The fourth-order valence-corrected chi connectivity index (χ4v) is 2.93. The minimum atomic E-state index is 0.149. The van der Waals surface area contributed by atoms with Crippen LogP contribution >= 0.6 is 0 Å². The molecule has 1 aromatic heterocycles. The van der Waals surface area contributed by atoms with Crippen molar-refractivity contribution in [3.63, 3.8) is 0 Å². The van der Waals surface area contributed by atoms with Crippen molar-refractivity contribution in [3.8, 4) is 0 Å². The summed E-state index contributed by atoms with van der Waals surface area (Å²) in [6.07, 6.45) is 2.12. The van der Waals surface area contributed by atoms with Crippen LogP contribution in [0.25, 0.3) is 0 Å².